The van der Waals surface area contributed by atoms with Crippen LogP contribution in [0.4, 0.5) is 0 Å². The van der Waals surface area contributed by atoms with Gasteiger partial charge in [0, 0.05) is 23.8 Å². The molecule has 0 aromatic heterocycles. The van der Waals surface area contributed by atoms with Crippen LogP contribution in [0.25, 0.3) is 0 Å². The standard InChI is InChI=1S/2C13H20O4.2C4H9O.Ti/c2*1-3-4-7-17-13(16)11-8-9(2)5-6-10(11)12(14)15;2*1-2-3-4-5;/h2*5,10-11H,3-4,6-8H2,1-2H3,(H,14,15);2*2-4H2,1H3;/q;;2*-1;+4/p-2. The van der Waals surface area contributed by atoms with Gasteiger partial charge in [0.25, 0.3) is 0 Å². The first-order valence-electron chi connectivity index (χ1n) is 16.2. The van der Waals surface area contributed by atoms with Crippen molar-refractivity contribution in [2.75, 3.05) is 26.4 Å². The van der Waals surface area contributed by atoms with Crippen molar-refractivity contribution in [1.82, 2.24) is 0 Å². The molecule has 2 aliphatic carbocycles. The van der Waals surface area contributed by atoms with E-state index in [-0.39, 0.29) is 34.9 Å². The van der Waals surface area contributed by atoms with Gasteiger partial charge >= 0.3 is 33.7 Å². The van der Waals surface area contributed by atoms with Gasteiger partial charge in [-0.15, -0.1) is 13.2 Å². The zero-order chi connectivity index (χ0) is 33.9. The van der Waals surface area contributed by atoms with Crippen LogP contribution in [0.2, 0.25) is 0 Å². The number of carboxylic acids is 2. The molecule has 0 aromatic rings. The second-order valence-electron chi connectivity index (χ2n) is 11.2. The van der Waals surface area contributed by atoms with E-state index in [1.807, 2.05) is 53.7 Å². The molecule has 4 atom stereocenters. The third-order valence-corrected chi connectivity index (χ3v) is 7.19. The molecule has 0 saturated carbocycles. The molecule has 0 bridgehead atoms. The number of unbranched alkanes of at least 4 members (excludes halogenated alkanes) is 4. The van der Waals surface area contributed by atoms with Gasteiger partial charge in [0.1, 0.15) is 0 Å². The van der Waals surface area contributed by atoms with Crippen molar-refractivity contribution < 1.29 is 70.8 Å². The van der Waals surface area contributed by atoms with Gasteiger partial charge in [-0.3, -0.25) is 9.59 Å². The first kappa shape index (κ1) is 47.4. The second kappa shape index (κ2) is 30.6. The van der Waals surface area contributed by atoms with E-state index in [1.54, 1.807) is 0 Å². The van der Waals surface area contributed by atoms with Gasteiger partial charge in [0.05, 0.1) is 25.0 Å². The number of carbonyl (C=O) groups excluding carboxylic acids is 4. The van der Waals surface area contributed by atoms with Gasteiger partial charge in [-0.1, -0.05) is 89.5 Å². The third-order valence-electron chi connectivity index (χ3n) is 7.19. The van der Waals surface area contributed by atoms with Crippen LogP contribution < -0.4 is 20.4 Å². The number of hydrogen-bond acceptors (Lipinski definition) is 10. The minimum absolute atomic E-state index is 0. The fraction of sp³-hybridized carbons (Fsp3) is 0.765. The maximum Gasteiger partial charge on any atom is 4.00 e. The first-order valence-corrected chi connectivity index (χ1v) is 16.2. The molecule has 45 heavy (non-hydrogen) atoms. The predicted octanol–water partition coefficient (Wildman–Crippen LogP) is 2.40. The largest absolute Gasteiger partial charge is 4.00 e. The minimum atomic E-state index is -1.16. The first-order chi connectivity index (χ1) is 20.9. The molecule has 11 heteroatoms. The van der Waals surface area contributed by atoms with Gasteiger partial charge in [0.15, 0.2) is 0 Å². The molecule has 0 saturated heterocycles. The maximum atomic E-state index is 11.8. The van der Waals surface area contributed by atoms with Crippen LogP contribution >= 0.6 is 0 Å². The van der Waals surface area contributed by atoms with Crippen LogP contribution in [-0.2, 0) is 50.4 Å². The Hall–Kier alpha value is -2.01. The van der Waals surface area contributed by atoms with Crippen molar-refractivity contribution in [2.45, 2.75) is 119 Å². The Morgan fingerprint density at radius 2 is 0.933 bits per heavy atom. The van der Waals surface area contributed by atoms with Gasteiger partial charge in [-0.2, -0.15) is 0 Å². The van der Waals surface area contributed by atoms with Crippen LogP contribution in [0.1, 0.15) is 119 Å². The molecule has 0 N–H and O–H groups in total. The molecule has 2 rings (SSSR count). The Kier molecular flexibility index (Phi) is 32.3. The smallest absolute Gasteiger partial charge is 0.854 e. The number of ether oxygens (including phenoxy) is 2. The summed E-state index contributed by atoms with van der Waals surface area (Å²) in [6.07, 6.45) is 12.6. The summed E-state index contributed by atoms with van der Waals surface area (Å²) >= 11 is 0. The van der Waals surface area contributed by atoms with Gasteiger partial charge in [-0.25, -0.2) is 0 Å². The van der Waals surface area contributed by atoms with Crippen LogP contribution in [0.5, 0.6) is 0 Å². The predicted molar refractivity (Wildman–Crippen MR) is 161 cm³/mol. The van der Waals surface area contributed by atoms with Crippen molar-refractivity contribution in [2.24, 2.45) is 23.7 Å². The zero-order valence-electron chi connectivity index (χ0n) is 28.4. The molecule has 0 spiro atoms. The van der Waals surface area contributed by atoms with Crippen molar-refractivity contribution in [1.29, 1.82) is 0 Å². The number of carbonyl (C=O) groups is 4. The monoisotopic (exact) mass is 672 g/mol. The molecule has 0 aliphatic heterocycles. The van der Waals surface area contributed by atoms with Gasteiger partial charge in [-0.05, 0) is 52.4 Å². The summed E-state index contributed by atoms with van der Waals surface area (Å²) in [5, 5.41) is 41.0. The molecule has 0 fully saturated rings. The summed E-state index contributed by atoms with van der Waals surface area (Å²) in [4.78, 5) is 45.5. The Labute approximate surface area is 285 Å². The van der Waals surface area contributed by atoms with Crippen LogP contribution in [0, 0.1) is 23.7 Å². The molecule has 0 heterocycles. The zero-order valence-corrected chi connectivity index (χ0v) is 29.9. The third kappa shape index (κ3) is 23.0. The fourth-order valence-corrected chi connectivity index (χ4v) is 4.28. The van der Waals surface area contributed by atoms with E-state index in [9.17, 15) is 39.6 Å². The average Bonchev–Trinajstić information content (AvgIpc) is 2.98. The van der Waals surface area contributed by atoms with E-state index < -0.39 is 47.5 Å². The van der Waals surface area contributed by atoms with Crippen LogP contribution in [0.3, 0.4) is 0 Å². The quantitative estimate of drug-likeness (QED) is 0.115. The van der Waals surface area contributed by atoms with Gasteiger partial charge in [0.2, 0.25) is 0 Å². The van der Waals surface area contributed by atoms with Crippen LogP contribution in [0.15, 0.2) is 23.3 Å². The maximum absolute atomic E-state index is 11.8. The summed E-state index contributed by atoms with van der Waals surface area (Å²) in [7, 11) is 0. The van der Waals surface area contributed by atoms with Crippen molar-refractivity contribution in [3.63, 3.8) is 0 Å². The average molecular weight is 673 g/mol. The SMILES string of the molecule is CCCCOC(=O)C1CC(C)=CCC1C(=O)[O-].CCCCOC(=O)C1CC(C)=CCC1C(=O)[O-].CCCC[O-].CCCC[O-].[Ti+4]. The van der Waals surface area contributed by atoms with E-state index >= 15 is 0 Å². The van der Waals surface area contributed by atoms with E-state index in [2.05, 4.69) is 0 Å². The van der Waals surface area contributed by atoms with E-state index in [4.69, 9.17) is 9.47 Å². The summed E-state index contributed by atoms with van der Waals surface area (Å²) in [6.45, 7) is 12.8. The number of esters is 2. The second-order valence-corrected chi connectivity index (χ2v) is 11.2. The molecule has 0 aromatic carbocycles. The number of aliphatic carboxylic acids is 2. The summed E-state index contributed by atoms with van der Waals surface area (Å²) in [6, 6.07) is 0. The number of hydrogen-bond donors (Lipinski definition) is 0. The molecule has 4 unspecified atom stereocenters. The fourth-order valence-electron chi connectivity index (χ4n) is 4.28. The minimum Gasteiger partial charge on any atom is -0.854 e. The summed E-state index contributed by atoms with van der Waals surface area (Å²) in [5.41, 5.74) is 2.08. The molecule has 10 nitrogen and oxygen atoms in total. The van der Waals surface area contributed by atoms with E-state index in [0.29, 0.717) is 38.9 Å². The molecule has 0 amide bonds. The van der Waals surface area contributed by atoms with E-state index in [1.165, 1.54) is 0 Å². The van der Waals surface area contributed by atoms with Crippen molar-refractivity contribution >= 4 is 23.9 Å². The molecule has 0 radical (unpaired) electrons. The van der Waals surface area contributed by atoms with Crippen LogP contribution in [-0.4, -0.2) is 50.3 Å². The topological polar surface area (TPSA) is 179 Å². The molecule has 2 aliphatic rings. The Morgan fingerprint density at radius 1 is 0.622 bits per heavy atom. The number of allylic oxidation sites excluding steroid dienone is 4. The van der Waals surface area contributed by atoms with Crippen molar-refractivity contribution in [3.8, 4) is 0 Å². The number of rotatable bonds is 14. The molecule has 256 valence electrons. The summed E-state index contributed by atoms with van der Waals surface area (Å²) < 4.78 is 10.2. The van der Waals surface area contributed by atoms with Crippen molar-refractivity contribution in [3.05, 3.63) is 23.3 Å². The number of carboxylic acid groups (broad SMARTS) is 2. The normalized spacial score (nSPS) is 20.0. The Morgan fingerprint density at radius 3 is 1.16 bits per heavy atom. The van der Waals surface area contributed by atoms with Gasteiger partial charge < -0.3 is 39.5 Å². The van der Waals surface area contributed by atoms with E-state index in [0.717, 1.165) is 62.5 Å². The Balaban J connectivity index is -0.000000594. The summed E-state index contributed by atoms with van der Waals surface area (Å²) in [5.74, 6) is -5.78. The molecular weight excluding hydrogens is 616 g/mol. The Bertz CT molecular complexity index is 797. The molecular formula is C34H56O10Ti.